The van der Waals surface area contributed by atoms with E-state index in [9.17, 15) is 4.39 Å². The Balaban J connectivity index is 2.13. The van der Waals surface area contributed by atoms with Gasteiger partial charge in [0.15, 0.2) is 0 Å². The summed E-state index contributed by atoms with van der Waals surface area (Å²) in [5.74, 6) is 1.25. The lowest BCUT2D eigenvalue weighted by molar-refractivity contribution is 0.187. The predicted molar refractivity (Wildman–Crippen MR) is 83.1 cm³/mol. The van der Waals surface area contributed by atoms with Gasteiger partial charge < -0.3 is 5.73 Å². The number of halogens is 1. The summed E-state index contributed by atoms with van der Waals surface area (Å²) in [7, 11) is 0. The van der Waals surface area contributed by atoms with Gasteiger partial charge in [0.2, 0.25) is 0 Å². The Morgan fingerprint density at radius 3 is 2.50 bits per heavy atom. The van der Waals surface area contributed by atoms with E-state index in [2.05, 4.69) is 20.8 Å². The largest absolute Gasteiger partial charge is 0.327 e. The molecule has 1 aliphatic rings. The zero-order chi connectivity index (χ0) is 14.8. The highest BCUT2D eigenvalue weighted by molar-refractivity contribution is 5.26. The number of hydrogen-bond donors (Lipinski definition) is 1. The highest BCUT2D eigenvalue weighted by Crippen LogP contribution is 2.38. The first-order valence-electron chi connectivity index (χ1n) is 7.96. The summed E-state index contributed by atoms with van der Waals surface area (Å²) in [6.07, 6.45) is 6.41. The van der Waals surface area contributed by atoms with Crippen LogP contribution in [0.1, 0.15) is 58.4 Å². The molecule has 1 nitrogen and oxygen atoms in total. The van der Waals surface area contributed by atoms with Gasteiger partial charge in [0.1, 0.15) is 5.82 Å². The minimum absolute atomic E-state index is 0.103. The van der Waals surface area contributed by atoms with Crippen LogP contribution in [-0.2, 0) is 5.41 Å². The van der Waals surface area contributed by atoms with Gasteiger partial charge in [0.05, 0.1) is 0 Å². The van der Waals surface area contributed by atoms with Crippen molar-refractivity contribution in [2.24, 2.45) is 17.6 Å². The van der Waals surface area contributed by atoms with E-state index >= 15 is 0 Å². The molecule has 0 amide bonds. The maximum atomic E-state index is 13.1. The lowest BCUT2D eigenvalue weighted by Gasteiger charge is -2.41. The SMILES string of the molecule is CCC1CCCC(C(N)C(C)(C)c2ccc(F)cc2)C1. The average Bonchev–Trinajstić information content (AvgIpc) is 2.47. The molecule has 0 heterocycles. The maximum absolute atomic E-state index is 13.1. The van der Waals surface area contributed by atoms with Crippen LogP contribution >= 0.6 is 0 Å². The van der Waals surface area contributed by atoms with E-state index in [1.807, 2.05) is 12.1 Å². The molecule has 1 aromatic rings. The monoisotopic (exact) mass is 277 g/mol. The lowest BCUT2D eigenvalue weighted by Crippen LogP contribution is -2.47. The molecule has 0 bridgehead atoms. The van der Waals surface area contributed by atoms with Crippen molar-refractivity contribution in [3.05, 3.63) is 35.6 Å². The summed E-state index contributed by atoms with van der Waals surface area (Å²) >= 11 is 0. The third-order valence-electron chi connectivity index (χ3n) is 5.33. The summed E-state index contributed by atoms with van der Waals surface area (Å²) in [6.45, 7) is 6.67. The molecule has 0 radical (unpaired) electrons. The molecular weight excluding hydrogens is 249 g/mol. The number of benzene rings is 1. The molecule has 0 aliphatic heterocycles. The molecule has 2 rings (SSSR count). The van der Waals surface area contributed by atoms with Gasteiger partial charge in [0.25, 0.3) is 0 Å². The molecule has 2 heteroatoms. The van der Waals surface area contributed by atoms with Crippen molar-refractivity contribution < 1.29 is 4.39 Å². The van der Waals surface area contributed by atoms with Crippen molar-refractivity contribution in [2.75, 3.05) is 0 Å². The van der Waals surface area contributed by atoms with Crippen molar-refractivity contribution in [2.45, 2.75) is 64.3 Å². The Morgan fingerprint density at radius 1 is 1.25 bits per heavy atom. The molecule has 0 aromatic heterocycles. The molecule has 1 aliphatic carbocycles. The van der Waals surface area contributed by atoms with E-state index in [1.165, 1.54) is 32.1 Å². The first-order chi connectivity index (χ1) is 9.45. The van der Waals surface area contributed by atoms with Crippen LogP contribution in [0.3, 0.4) is 0 Å². The molecule has 2 N–H and O–H groups in total. The Kier molecular flexibility index (Phi) is 4.85. The third kappa shape index (κ3) is 3.22. The molecule has 3 unspecified atom stereocenters. The summed E-state index contributed by atoms with van der Waals surface area (Å²) < 4.78 is 13.1. The van der Waals surface area contributed by atoms with Crippen LogP contribution < -0.4 is 5.73 Å². The second kappa shape index (κ2) is 6.26. The van der Waals surface area contributed by atoms with Gasteiger partial charge in [-0.3, -0.25) is 0 Å². The summed E-state index contributed by atoms with van der Waals surface area (Å²) in [4.78, 5) is 0. The standard InChI is InChI=1S/C18H28FN/c1-4-13-6-5-7-14(12-13)17(20)18(2,3)15-8-10-16(19)11-9-15/h8-11,13-14,17H,4-7,12,20H2,1-3H3. The number of hydrogen-bond acceptors (Lipinski definition) is 1. The fraction of sp³-hybridized carbons (Fsp3) is 0.667. The van der Waals surface area contributed by atoms with Gasteiger partial charge in [-0.15, -0.1) is 0 Å². The van der Waals surface area contributed by atoms with E-state index in [0.717, 1.165) is 11.5 Å². The fourth-order valence-corrected chi connectivity index (χ4v) is 3.69. The number of rotatable bonds is 4. The molecule has 1 fully saturated rings. The van der Waals surface area contributed by atoms with E-state index in [1.54, 1.807) is 12.1 Å². The van der Waals surface area contributed by atoms with Crippen molar-refractivity contribution in [3.63, 3.8) is 0 Å². The van der Waals surface area contributed by atoms with E-state index in [4.69, 9.17) is 5.73 Å². The Bertz CT molecular complexity index is 424. The van der Waals surface area contributed by atoms with Crippen LogP contribution in [0.5, 0.6) is 0 Å². The molecule has 20 heavy (non-hydrogen) atoms. The molecular formula is C18H28FN. The lowest BCUT2D eigenvalue weighted by atomic mass is 9.67. The van der Waals surface area contributed by atoms with Crippen molar-refractivity contribution >= 4 is 0 Å². The van der Waals surface area contributed by atoms with Crippen LogP contribution in [0.15, 0.2) is 24.3 Å². The highest BCUT2D eigenvalue weighted by Gasteiger charge is 2.36. The summed E-state index contributed by atoms with van der Waals surface area (Å²) in [5, 5.41) is 0. The van der Waals surface area contributed by atoms with Crippen LogP contribution in [0.4, 0.5) is 4.39 Å². The van der Waals surface area contributed by atoms with Gasteiger partial charge in [-0.2, -0.15) is 0 Å². The average molecular weight is 277 g/mol. The van der Waals surface area contributed by atoms with Crippen molar-refractivity contribution in [1.82, 2.24) is 0 Å². The summed E-state index contributed by atoms with van der Waals surface area (Å²) in [5.41, 5.74) is 7.66. The zero-order valence-electron chi connectivity index (χ0n) is 13.0. The summed E-state index contributed by atoms with van der Waals surface area (Å²) in [6, 6.07) is 6.99. The number of nitrogens with two attached hydrogens (primary N) is 1. The van der Waals surface area contributed by atoms with Gasteiger partial charge in [0, 0.05) is 11.5 Å². The molecule has 112 valence electrons. The topological polar surface area (TPSA) is 26.0 Å². The smallest absolute Gasteiger partial charge is 0.123 e. The Labute approximate surface area is 122 Å². The molecule has 3 atom stereocenters. The molecule has 0 saturated heterocycles. The first-order valence-corrected chi connectivity index (χ1v) is 7.96. The quantitative estimate of drug-likeness (QED) is 0.852. The van der Waals surface area contributed by atoms with Gasteiger partial charge >= 0.3 is 0 Å². The second-order valence-electron chi connectivity index (χ2n) is 6.96. The van der Waals surface area contributed by atoms with Crippen molar-refractivity contribution in [3.8, 4) is 0 Å². The molecule has 1 saturated carbocycles. The fourth-order valence-electron chi connectivity index (χ4n) is 3.69. The Morgan fingerprint density at radius 2 is 1.90 bits per heavy atom. The minimum atomic E-state index is -0.179. The van der Waals surface area contributed by atoms with E-state index in [0.29, 0.717) is 5.92 Å². The van der Waals surface area contributed by atoms with Crippen LogP contribution in [0.25, 0.3) is 0 Å². The minimum Gasteiger partial charge on any atom is -0.327 e. The van der Waals surface area contributed by atoms with Crippen LogP contribution in [0.2, 0.25) is 0 Å². The first kappa shape index (κ1) is 15.5. The normalized spacial score (nSPS) is 25.4. The molecule has 1 aromatic carbocycles. The van der Waals surface area contributed by atoms with E-state index < -0.39 is 0 Å². The van der Waals surface area contributed by atoms with Gasteiger partial charge in [-0.25, -0.2) is 4.39 Å². The Hall–Kier alpha value is -0.890. The van der Waals surface area contributed by atoms with Crippen molar-refractivity contribution in [1.29, 1.82) is 0 Å². The zero-order valence-corrected chi connectivity index (χ0v) is 13.0. The van der Waals surface area contributed by atoms with Gasteiger partial charge in [-0.05, 0) is 42.4 Å². The predicted octanol–water partition coefficient (Wildman–Crippen LogP) is 4.65. The third-order valence-corrected chi connectivity index (χ3v) is 5.33. The highest BCUT2D eigenvalue weighted by atomic mass is 19.1. The molecule has 0 spiro atoms. The van der Waals surface area contributed by atoms with E-state index in [-0.39, 0.29) is 17.3 Å². The van der Waals surface area contributed by atoms with Crippen LogP contribution in [-0.4, -0.2) is 6.04 Å². The second-order valence-corrected chi connectivity index (χ2v) is 6.96. The van der Waals surface area contributed by atoms with Gasteiger partial charge in [-0.1, -0.05) is 52.2 Å². The maximum Gasteiger partial charge on any atom is 0.123 e. The van der Waals surface area contributed by atoms with Crippen LogP contribution in [0, 0.1) is 17.7 Å².